The van der Waals surface area contributed by atoms with Gasteiger partial charge in [0.2, 0.25) is 0 Å². The van der Waals surface area contributed by atoms with Crippen molar-refractivity contribution in [1.82, 2.24) is 4.90 Å². The number of amides is 1. The van der Waals surface area contributed by atoms with E-state index in [9.17, 15) is 9.18 Å². The molecular formula is C29H27FN2O3. The van der Waals surface area contributed by atoms with Crippen LogP contribution in [0.4, 0.5) is 10.1 Å². The first-order valence-electron chi connectivity index (χ1n) is 11.8. The van der Waals surface area contributed by atoms with Gasteiger partial charge < -0.3 is 14.8 Å². The van der Waals surface area contributed by atoms with Crippen molar-refractivity contribution in [1.29, 1.82) is 0 Å². The van der Waals surface area contributed by atoms with E-state index < -0.39 is 0 Å². The van der Waals surface area contributed by atoms with Gasteiger partial charge in [-0.25, -0.2) is 4.39 Å². The molecule has 1 aliphatic heterocycles. The van der Waals surface area contributed by atoms with E-state index in [0.717, 1.165) is 66.2 Å². The average Bonchev–Trinajstić information content (AvgIpc) is 2.91. The summed E-state index contributed by atoms with van der Waals surface area (Å²) < 4.78 is 24.8. The van der Waals surface area contributed by atoms with Crippen molar-refractivity contribution >= 4 is 22.4 Å². The minimum absolute atomic E-state index is 0.208. The molecule has 4 aromatic carbocycles. The fraction of sp³-hybridized carbons (Fsp3) is 0.207. The fourth-order valence-electron chi connectivity index (χ4n) is 4.29. The first kappa shape index (κ1) is 23.0. The van der Waals surface area contributed by atoms with Crippen LogP contribution in [0.5, 0.6) is 5.75 Å². The van der Waals surface area contributed by atoms with Crippen molar-refractivity contribution in [2.45, 2.75) is 0 Å². The van der Waals surface area contributed by atoms with Gasteiger partial charge in [0.15, 0.2) is 0 Å². The molecule has 1 aliphatic rings. The molecule has 1 saturated heterocycles. The number of nitrogens with zero attached hydrogens (tertiary/aromatic N) is 1. The summed E-state index contributed by atoms with van der Waals surface area (Å²) in [4.78, 5) is 15.4. The Hall–Kier alpha value is -3.74. The van der Waals surface area contributed by atoms with E-state index >= 15 is 0 Å². The van der Waals surface area contributed by atoms with Gasteiger partial charge in [-0.3, -0.25) is 9.69 Å². The molecule has 0 aromatic heterocycles. The van der Waals surface area contributed by atoms with Gasteiger partial charge >= 0.3 is 0 Å². The quantitative estimate of drug-likeness (QED) is 0.382. The second-order valence-electron chi connectivity index (χ2n) is 8.50. The fourth-order valence-corrected chi connectivity index (χ4v) is 4.29. The van der Waals surface area contributed by atoms with Crippen molar-refractivity contribution < 1.29 is 18.7 Å². The Morgan fingerprint density at radius 2 is 1.66 bits per heavy atom. The van der Waals surface area contributed by atoms with Crippen molar-refractivity contribution in [2.24, 2.45) is 0 Å². The van der Waals surface area contributed by atoms with Crippen LogP contribution in [-0.4, -0.2) is 50.3 Å². The van der Waals surface area contributed by atoms with Crippen LogP contribution in [0.3, 0.4) is 0 Å². The lowest BCUT2D eigenvalue weighted by atomic mass is 10.0. The molecule has 0 spiro atoms. The van der Waals surface area contributed by atoms with Gasteiger partial charge in [0.25, 0.3) is 5.91 Å². The summed E-state index contributed by atoms with van der Waals surface area (Å²) in [7, 11) is 0. The minimum Gasteiger partial charge on any atom is -0.492 e. The third-order valence-corrected chi connectivity index (χ3v) is 6.20. The number of fused-ring (bicyclic) bond motifs is 1. The molecule has 1 N–H and O–H groups in total. The smallest absolute Gasteiger partial charge is 0.255 e. The monoisotopic (exact) mass is 470 g/mol. The Morgan fingerprint density at radius 1 is 0.886 bits per heavy atom. The number of hydrogen-bond acceptors (Lipinski definition) is 4. The second kappa shape index (κ2) is 10.7. The molecule has 0 radical (unpaired) electrons. The molecule has 0 aliphatic carbocycles. The maximum atomic E-state index is 13.3. The second-order valence-corrected chi connectivity index (χ2v) is 8.50. The van der Waals surface area contributed by atoms with Crippen molar-refractivity contribution in [2.75, 3.05) is 44.8 Å². The highest BCUT2D eigenvalue weighted by atomic mass is 19.1. The van der Waals surface area contributed by atoms with Gasteiger partial charge in [-0.15, -0.1) is 0 Å². The lowest BCUT2D eigenvalue weighted by molar-refractivity contribution is 0.0323. The molecule has 1 heterocycles. The van der Waals surface area contributed by atoms with E-state index in [1.807, 2.05) is 54.6 Å². The summed E-state index contributed by atoms with van der Waals surface area (Å²) in [6, 6.07) is 25.3. The molecule has 6 heteroatoms. The third kappa shape index (κ3) is 5.50. The number of ether oxygens (including phenoxy) is 2. The molecule has 0 saturated carbocycles. The normalized spacial score (nSPS) is 14.1. The van der Waals surface area contributed by atoms with Crippen molar-refractivity contribution in [3.8, 4) is 16.9 Å². The van der Waals surface area contributed by atoms with Crippen molar-refractivity contribution in [3.63, 3.8) is 0 Å². The molecular weight excluding hydrogens is 443 g/mol. The zero-order chi connectivity index (χ0) is 24.0. The molecule has 5 rings (SSSR count). The van der Waals surface area contributed by atoms with Crippen LogP contribution < -0.4 is 10.1 Å². The SMILES string of the molecule is O=C(Nc1ccc(OCCN2CCOCC2)c2ccccc12)c1cccc(-c2ccc(F)cc2)c1. The standard InChI is InChI=1S/C29H27FN2O3/c30-24-10-8-21(9-11-24)22-4-3-5-23(20-22)29(33)31-27-12-13-28(26-7-2-1-6-25(26)27)35-19-16-32-14-17-34-18-15-32/h1-13,20H,14-19H2,(H,31,33). The summed E-state index contributed by atoms with van der Waals surface area (Å²) in [5.74, 6) is 0.299. The lowest BCUT2D eigenvalue weighted by Crippen LogP contribution is -2.38. The molecule has 4 aromatic rings. The zero-order valence-corrected chi connectivity index (χ0v) is 19.4. The van der Waals surface area contributed by atoms with Gasteiger partial charge in [0.1, 0.15) is 18.2 Å². The third-order valence-electron chi connectivity index (χ3n) is 6.20. The van der Waals surface area contributed by atoms with E-state index in [-0.39, 0.29) is 11.7 Å². The molecule has 1 fully saturated rings. The highest BCUT2D eigenvalue weighted by Gasteiger charge is 2.13. The highest BCUT2D eigenvalue weighted by molar-refractivity contribution is 6.10. The van der Waals surface area contributed by atoms with Gasteiger partial charge in [0.05, 0.1) is 13.2 Å². The summed E-state index contributed by atoms with van der Waals surface area (Å²) in [6.45, 7) is 4.83. The summed E-state index contributed by atoms with van der Waals surface area (Å²) in [6.07, 6.45) is 0. The number of nitrogens with one attached hydrogen (secondary N) is 1. The number of carbonyl (C=O) groups excluding carboxylic acids is 1. The van der Waals surface area contributed by atoms with Crippen LogP contribution in [0.15, 0.2) is 84.9 Å². The van der Waals surface area contributed by atoms with Crippen LogP contribution in [0.2, 0.25) is 0 Å². The van der Waals surface area contributed by atoms with Crippen LogP contribution >= 0.6 is 0 Å². The molecule has 0 atom stereocenters. The van der Waals surface area contributed by atoms with E-state index in [2.05, 4.69) is 10.2 Å². The summed E-state index contributed by atoms with van der Waals surface area (Å²) >= 11 is 0. The van der Waals surface area contributed by atoms with Gasteiger partial charge in [-0.1, -0.05) is 48.5 Å². The zero-order valence-electron chi connectivity index (χ0n) is 19.4. The minimum atomic E-state index is -0.289. The molecule has 35 heavy (non-hydrogen) atoms. The predicted octanol–water partition coefficient (Wildman–Crippen LogP) is 5.61. The number of morpholine rings is 1. The number of carbonyl (C=O) groups is 1. The lowest BCUT2D eigenvalue weighted by Gasteiger charge is -2.26. The van der Waals surface area contributed by atoms with Gasteiger partial charge in [-0.2, -0.15) is 0 Å². The Kier molecular flexibility index (Phi) is 7.02. The number of hydrogen-bond donors (Lipinski definition) is 1. The Bertz CT molecular complexity index is 1320. The number of halogens is 1. The molecule has 1 amide bonds. The van der Waals surface area contributed by atoms with Crippen LogP contribution in [-0.2, 0) is 4.74 Å². The topological polar surface area (TPSA) is 50.8 Å². The van der Waals surface area contributed by atoms with Gasteiger partial charge in [-0.05, 0) is 47.5 Å². The Morgan fingerprint density at radius 3 is 2.46 bits per heavy atom. The maximum absolute atomic E-state index is 13.3. The first-order valence-corrected chi connectivity index (χ1v) is 11.8. The van der Waals surface area contributed by atoms with Crippen LogP contribution in [0, 0.1) is 5.82 Å². The van der Waals surface area contributed by atoms with Crippen LogP contribution in [0.25, 0.3) is 21.9 Å². The number of benzene rings is 4. The van der Waals surface area contributed by atoms with E-state index in [0.29, 0.717) is 12.2 Å². The average molecular weight is 471 g/mol. The van der Waals surface area contributed by atoms with E-state index in [1.165, 1.54) is 12.1 Å². The highest BCUT2D eigenvalue weighted by Crippen LogP contribution is 2.32. The van der Waals surface area contributed by atoms with Crippen LogP contribution in [0.1, 0.15) is 10.4 Å². The molecule has 0 unspecified atom stereocenters. The molecule has 5 nitrogen and oxygen atoms in total. The first-order chi connectivity index (χ1) is 17.2. The van der Waals surface area contributed by atoms with Gasteiger partial charge in [0, 0.05) is 41.7 Å². The Balaban J connectivity index is 1.32. The molecule has 178 valence electrons. The summed E-state index contributed by atoms with van der Waals surface area (Å²) in [5, 5.41) is 4.91. The van der Waals surface area contributed by atoms with Crippen molar-refractivity contribution in [3.05, 3.63) is 96.3 Å². The Labute approximate surface area is 204 Å². The largest absolute Gasteiger partial charge is 0.492 e. The van der Waals surface area contributed by atoms with E-state index in [4.69, 9.17) is 9.47 Å². The maximum Gasteiger partial charge on any atom is 0.255 e. The summed E-state index contributed by atoms with van der Waals surface area (Å²) in [5.41, 5.74) is 2.96. The predicted molar refractivity (Wildman–Crippen MR) is 136 cm³/mol. The number of rotatable bonds is 7. The number of anilines is 1. The van der Waals surface area contributed by atoms with E-state index in [1.54, 1.807) is 18.2 Å². The molecule has 0 bridgehead atoms.